The van der Waals surface area contributed by atoms with Crippen molar-refractivity contribution in [2.75, 3.05) is 55.5 Å². The maximum Gasteiger partial charge on any atom is 0.191 e. The molecule has 0 amide bonds. The van der Waals surface area contributed by atoms with E-state index in [4.69, 9.17) is 8.85 Å². The molecule has 0 rings (SSSR count). The molecule has 0 atom stereocenters. The fourth-order valence-corrected chi connectivity index (χ4v) is 6.64. The highest BCUT2D eigenvalue weighted by Crippen LogP contribution is 2.22. The van der Waals surface area contributed by atoms with Gasteiger partial charge in [-0.1, -0.05) is 13.8 Å². The van der Waals surface area contributed by atoms with Crippen LogP contribution in [0.3, 0.4) is 0 Å². The molecule has 0 bridgehead atoms. The van der Waals surface area contributed by atoms with Crippen LogP contribution in [0.1, 0.15) is 26.7 Å². The molecule has 0 spiro atoms. The zero-order chi connectivity index (χ0) is 19.2. The van der Waals surface area contributed by atoms with Crippen molar-refractivity contribution in [2.45, 2.75) is 64.0 Å². The number of rotatable bonds is 12. The van der Waals surface area contributed by atoms with Crippen molar-refractivity contribution in [3.63, 3.8) is 0 Å². The Morgan fingerprint density at radius 1 is 0.708 bits per heavy atom. The van der Waals surface area contributed by atoms with Crippen molar-refractivity contribution in [3.05, 3.63) is 0 Å². The highest BCUT2D eigenvalue weighted by atomic mass is 28.4. The van der Waals surface area contributed by atoms with Gasteiger partial charge in [-0.3, -0.25) is 0 Å². The van der Waals surface area contributed by atoms with E-state index >= 15 is 0 Å². The third-order valence-electron chi connectivity index (χ3n) is 4.90. The van der Waals surface area contributed by atoms with Crippen LogP contribution >= 0.6 is 0 Å². The van der Waals surface area contributed by atoms with Crippen molar-refractivity contribution >= 4 is 16.6 Å². The minimum Gasteiger partial charge on any atom is -0.420 e. The number of nitrogens with zero attached hydrogens (tertiary/aromatic N) is 2. The predicted molar refractivity (Wildman–Crippen MR) is 114 cm³/mol. The molecule has 0 aliphatic rings. The Morgan fingerprint density at radius 2 is 1.12 bits per heavy atom. The molecule has 0 fully saturated rings. The Bertz CT molecular complexity index is 276. The molecule has 0 aromatic carbocycles. The molecule has 0 saturated heterocycles. The van der Waals surface area contributed by atoms with Crippen LogP contribution in [-0.2, 0) is 8.85 Å². The Morgan fingerprint density at radius 3 is 1.42 bits per heavy atom. The van der Waals surface area contributed by atoms with Crippen LogP contribution in [0.4, 0.5) is 0 Å². The van der Waals surface area contributed by atoms with E-state index in [2.05, 4.69) is 64.9 Å². The maximum atomic E-state index is 5.74. The van der Waals surface area contributed by atoms with Gasteiger partial charge in [0.15, 0.2) is 16.6 Å². The van der Waals surface area contributed by atoms with Crippen LogP contribution in [-0.4, -0.2) is 81.9 Å². The SMILES string of the molecule is CC[Si](CC)(CCCN(C)C)OC.CO[Si](C)(C)CCCN(C)C. The predicted octanol–water partition coefficient (Wildman–Crippen LogP) is 4.36. The summed E-state index contributed by atoms with van der Waals surface area (Å²) in [6.07, 6.45) is 2.55. The van der Waals surface area contributed by atoms with E-state index in [1.165, 1.54) is 50.1 Å². The molecule has 0 saturated carbocycles. The van der Waals surface area contributed by atoms with Crippen LogP contribution in [0.2, 0.25) is 37.3 Å². The second kappa shape index (κ2) is 14.4. The summed E-state index contributed by atoms with van der Waals surface area (Å²) in [5.41, 5.74) is 0. The van der Waals surface area contributed by atoms with Crippen molar-refractivity contribution in [1.82, 2.24) is 9.80 Å². The molecule has 0 aliphatic heterocycles. The fourth-order valence-electron chi connectivity index (χ4n) is 2.63. The van der Waals surface area contributed by atoms with Gasteiger partial charge in [-0.2, -0.15) is 0 Å². The second-order valence-corrected chi connectivity index (χ2v) is 17.0. The third kappa shape index (κ3) is 14.6. The minimum atomic E-state index is -1.31. The Labute approximate surface area is 155 Å². The standard InChI is InChI=1S/C10H25NOSi.C8H21NOSi/c1-6-13(7-2,12-5)10-8-9-11(3)4;1-9(2)7-6-8-11(4,5)10-3/h6-10H2,1-5H3;6-8H2,1-5H3. The fraction of sp³-hybridized carbons (Fsp3) is 1.00. The molecule has 0 aromatic heterocycles. The average molecular weight is 379 g/mol. The van der Waals surface area contributed by atoms with E-state index in [0.717, 1.165) is 0 Å². The minimum absolute atomic E-state index is 1.18. The van der Waals surface area contributed by atoms with Crippen LogP contribution in [0, 0.1) is 0 Å². The van der Waals surface area contributed by atoms with E-state index in [0.29, 0.717) is 0 Å². The Kier molecular flexibility index (Phi) is 15.9. The highest BCUT2D eigenvalue weighted by molar-refractivity contribution is 6.73. The summed E-state index contributed by atoms with van der Waals surface area (Å²) in [5.74, 6) is 0. The molecular formula is C18H46N2O2Si2. The van der Waals surface area contributed by atoms with Crippen LogP contribution in [0.5, 0.6) is 0 Å². The summed E-state index contributed by atoms with van der Waals surface area (Å²) in [7, 11) is 9.64. The van der Waals surface area contributed by atoms with Crippen LogP contribution in [0.15, 0.2) is 0 Å². The Balaban J connectivity index is 0. The molecule has 6 heteroatoms. The van der Waals surface area contributed by atoms with Gasteiger partial charge in [-0.15, -0.1) is 0 Å². The largest absolute Gasteiger partial charge is 0.420 e. The molecule has 0 heterocycles. The first-order chi connectivity index (χ1) is 11.1. The molecule has 0 aromatic rings. The van der Waals surface area contributed by atoms with E-state index in [-0.39, 0.29) is 0 Å². The van der Waals surface area contributed by atoms with Gasteiger partial charge in [-0.05, 0) is 91.4 Å². The third-order valence-corrected chi connectivity index (χ3v) is 12.3. The van der Waals surface area contributed by atoms with E-state index in [1.807, 2.05) is 14.2 Å². The molecule has 0 unspecified atom stereocenters. The van der Waals surface area contributed by atoms with Gasteiger partial charge in [0.1, 0.15) is 0 Å². The van der Waals surface area contributed by atoms with Gasteiger partial charge in [0.2, 0.25) is 0 Å². The van der Waals surface area contributed by atoms with Gasteiger partial charge < -0.3 is 18.7 Å². The van der Waals surface area contributed by atoms with Crippen molar-refractivity contribution in [2.24, 2.45) is 0 Å². The van der Waals surface area contributed by atoms with Crippen molar-refractivity contribution < 1.29 is 8.85 Å². The molecular weight excluding hydrogens is 332 g/mol. The lowest BCUT2D eigenvalue weighted by molar-refractivity contribution is 0.374. The number of hydrogen-bond acceptors (Lipinski definition) is 4. The summed E-state index contributed by atoms with van der Waals surface area (Å²) in [6.45, 7) is 11.5. The summed E-state index contributed by atoms with van der Waals surface area (Å²) < 4.78 is 11.2. The lowest BCUT2D eigenvalue weighted by atomic mass is 10.5. The molecule has 0 aliphatic carbocycles. The second-order valence-electron chi connectivity index (χ2n) is 7.87. The highest BCUT2D eigenvalue weighted by Gasteiger charge is 2.28. The van der Waals surface area contributed by atoms with E-state index < -0.39 is 16.6 Å². The molecule has 24 heavy (non-hydrogen) atoms. The van der Waals surface area contributed by atoms with Crippen LogP contribution in [0.25, 0.3) is 0 Å². The topological polar surface area (TPSA) is 24.9 Å². The lowest BCUT2D eigenvalue weighted by Gasteiger charge is -2.27. The normalized spacial score (nSPS) is 12.5. The van der Waals surface area contributed by atoms with Crippen LogP contribution < -0.4 is 0 Å². The van der Waals surface area contributed by atoms with E-state index in [9.17, 15) is 0 Å². The quantitative estimate of drug-likeness (QED) is 0.471. The summed E-state index contributed by atoms with van der Waals surface area (Å²) in [5, 5.41) is 0. The molecule has 0 N–H and O–H groups in total. The number of hydrogen-bond donors (Lipinski definition) is 0. The molecule has 0 radical (unpaired) electrons. The zero-order valence-corrected chi connectivity index (χ0v) is 20.4. The van der Waals surface area contributed by atoms with Gasteiger partial charge in [0.05, 0.1) is 0 Å². The van der Waals surface area contributed by atoms with Gasteiger partial charge in [0.25, 0.3) is 0 Å². The summed E-state index contributed by atoms with van der Waals surface area (Å²) in [4.78, 5) is 4.47. The first-order valence-corrected chi connectivity index (χ1v) is 15.1. The first kappa shape index (κ1) is 26.5. The smallest absolute Gasteiger partial charge is 0.191 e. The average Bonchev–Trinajstić information content (AvgIpc) is 2.52. The first-order valence-electron chi connectivity index (χ1n) is 9.47. The lowest BCUT2D eigenvalue weighted by Crippen LogP contribution is -2.35. The zero-order valence-electron chi connectivity index (χ0n) is 18.4. The van der Waals surface area contributed by atoms with Gasteiger partial charge in [-0.25, -0.2) is 0 Å². The summed E-state index contributed by atoms with van der Waals surface area (Å²) in [6, 6.07) is 5.09. The van der Waals surface area contributed by atoms with Crippen molar-refractivity contribution in [1.29, 1.82) is 0 Å². The molecule has 4 nitrogen and oxygen atoms in total. The monoisotopic (exact) mass is 378 g/mol. The van der Waals surface area contributed by atoms with Crippen molar-refractivity contribution in [3.8, 4) is 0 Å². The molecule has 148 valence electrons. The van der Waals surface area contributed by atoms with E-state index in [1.54, 1.807) is 0 Å². The van der Waals surface area contributed by atoms with Gasteiger partial charge >= 0.3 is 0 Å². The van der Waals surface area contributed by atoms with Gasteiger partial charge in [0, 0.05) is 14.2 Å². The Hall–Kier alpha value is 0.274. The summed E-state index contributed by atoms with van der Waals surface area (Å²) >= 11 is 0. The maximum absolute atomic E-state index is 5.74.